The molecule has 40 heavy (non-hydrogen) atoms. The van der Waals surface area contributed by atoms with E-state index in [1.54, 1.807) is 13.1 Å². The van der Waals surface area contributed by atoms with Crippen LogP contribution in [0.15, 0.2) is 48.7 Å². The van der Waals surface area contributed by atoms with E-state index in [0.29, 0.717) is 44.0 Å². The highest BCUT2D eigenvalue weighted by atomic mass is 32.2. The van der Waals surface area contributed by atoms with Crippen LogP contribution in [0.2, 0.25) is 0 Å². The zero-order valence-electron chi connectivity index (χ0n) is 23.3. The van der Waals surface area contributed by atoms with Crippen molar-refractivity contribution in [3.63, 3.8) is 0 Å². The monoisotopic (exact) mass is 568 g/mol. The van der Waals surface area contributed by atoms with Crippen LogP contribution in [-0.2, 0) is 34.1 Å². The maximum absolute atomic E-state index is 13.8. The molecule has 3 heterocycles. The zero-order chi connectivity index (χ0) is 28.3. The number of nitrogens with one attached hydrogen (secondary N) is 2. The summed E-state index contributed by atoms with van der Waals surface area (Å²) in [6.45, 7) is 4.23. The van der Waals surface area contributed by atoms with Gasteiger partial charge in [-0.05, 0) is 48.9 Å². The van der Waals surface area contributed by atoms with E-state index >= 15 is 0 Å². The molecule has 2 aliphatic heterocycles. The first kappa shape index (κ1) is 28.6. The molecule has 1 amide bonds. The number of amides is 1. The molecule has 1 saturated heterocycles. The van der Waals surface area contributed by atoms with Gasteiger partial charge in [0.15, 0.2) is 0 Å². The molecule has 216 valence electrons. The average Bonchev–Trinajstić information content (AvgIpc) is 3.28. The molecule has 0 aliphatic carbocycles. The molecule has 3 aromatic rings. The molecule has 2 atom stereocenters. The van der Waals surface area contributed by atoms with Crippen LogP contribution in [0.3, 0.4) is 0 Å². The van der Waals surface area contributed by atoms with Gasteiger partial charge in [0, 0.05) is 56.5 Å². The summed E-state index contributed by atoms with van der Waals surface area (Å²) in [5.41, 5.74) is 3.83. The van der Waals surface area contributed by atoms with Crippen molar-refractivity contribution in [3.8, 4) is 0 Å². The minimum absolute atomic E-state index is 0.000512. The van der Waals surface area contributed by atoms with Crippen molar-refractivity contribution in [2.24, 2.45) is 0 Å². The second kappa shape index (κ2) is 12.3. The molecule has 0 radical (unpaired) electrons. The van der Waals surface area contributed by atoms with Gasteiger partial charge in [0.2, 0.25) is 10.0 Å². The molecule has 3 N–H and O–H groups in total. The number of hydrogen-bond acceptors (Lipinski definition) is 6. The molecule has 1 aromatic heterocycles. The first-order valence-corrected chi connectivity index (χ1v) is 15.8. The third-order valence-electron chi connectivity index (χ3n) is 8.08. The third kappa shape index (κ3) is 6.20. The first-order chi connectivity index (χ1) is 19.3. The number of ether oxygens (including phenoxy) is 1. The third-order valence-corrected chi connectivity index (χ3v) is 9.81. The maximum Gasteiger partial charge on any atom is 0.251 e. The summed E-state index contributed by atoms with van der Waals surface area (Å²) >= 11 is 0. The number of carbonyl (C=O) groups excluding carboxylic acids is 1. The number of carbonyl (C=O) groups is 1. The average molecular weight is 569 g/mol. The summed E-state index contributed by atoms with van der Waals surface area (Å²) < 4.78 is 34.6. The summed E-state index contributed by atoms with van der Waals surface area (Å²) in [6, 6.07) is 13.1. The van der Waals surface area contributed by atoms with Crippen LogP contribution in [0.1, 0.15) is 47.7 Å². The number of aromatic nitrogens is 1. The zero-order valence-corrected chi connectivity index (χ0v) is 24.1. The molecule has 5 rings (SSSR count). The number of rotatable bonds is 10. The molecule has 0 bridgehead atoms. The van der Waals surface area contributed by atoms with Gasteiger partial charge in [-0.25, -0.2) is 8.42 Å². The van der Waals surface area contributed by atoms with Crippen LogP contribution in [0.5, 0.6) is 0 Å². The molecule has 0 unspecified atom stereocenters. The van der Waals surface area contributed by atoms with E-state index in [9.17, 15) is 18.3 Å². The summed E-state index contributed by atoms with van der Waals surface area (Å²) in [6.07, 6.45) is 5.21. The molecule has 9 nitrogen and oxygen atoms in total. The summed E-state index contributed by atoms with van der Waals surface area (Å²) in [7, 11) is -1.97. The minimum Gasteiger partial charge on any atom is -0.390 e. The van der Waals surface area contributed by atoms with E-state index in [-0.39, 0.29) is 17.7 Å². The van der Waals surface area contributed by atoms with E-state index in [1.165, 1.54) is 4.31 Å². The Morgan fingerprint density at radius 1 is 1.18 bits per heavy atom. The number of anilines is 1. The van der Waals surface area contributed by atoms with E-state index in [0.717, 1.165) is 47.7 Å². The number of aryl methyl sites for hydroxylation is 2. The number of nitrogens with zero attached hydrogens (tertiary/aromatic N) is 2. The van der Waals surface area contributed by atoms with E-state index in [1.807, 2.05) is 47.2 Å². The Bertz CT molecular complexity index is 1430. The second-order valence-electron chi connectivity index (χ2n) is 10.9. The van der Waals surface area contributed by atoms with Crippen molar-refractivity contribution in [1.29, 1.82) is 0 Å². The lowest BCUT2D eigenvalue weighted by atomic mass is 9.99. The Hall–Kier alpha value is -2.92. The van der Waals surface area contributed by atoms with Gasteiger partial charge in [0.1, 0.15) is 0 Å². The highest BCUT2D eigenvalue weighted by Gasteiger charge is 2.30. The van der Waals surface area contributed by atoms with Crippen molar-refractivity contribution in [2.45, 2.75) is 63.8 Å². The van der Waals surface area contributed by atoms with E-state index in [2.05, 4.69) is 17.6 Å². The Balaban J connectivity index is 1.44. The molecule has 1 fully saturated rings. The number of hydrogen-bond donors (Lipinski definition) is 3. The molecular weight excluding hydrogens is 528 g/mol. The second-order valence-corrected chi connectivity index (χ2v) is 13.0. The number of benzene rings is 2. The predicted octanol–water partition coefficient (Wildman–Crippen LogP) is 2.84. The number of sulfonamides is 1. The summed E-state index contributed by atoms with van der Waals surface area (Å²) in [4.78, 5) is 13.8. The lowest BCUT2D eigenvalue weighted by Crippen LogP contribution is -2.50. The quantitative estimate of drug-likeness (QED) is 0.347. The summed E-state index contributed by atoms with van der Waals surface area (Å²) in [5, 5.41) is 18.7. The SMILES string of the molecule is CCCc1cn2c3c(cc(C(=O)N[C@@H](Cc4ccccc4)[C@H](O)CNC4CCOCC4)cc13)N(C)S(=O)(=O)CC2. The molecule has 10 heteroatoms. The van der Waals surface area contributed by atoms with Crippen LogP contribution in [0.25, 0.3) is 10.9 Å². The van der Waals surface area contributed by atoms with Crippen LogP contribution >= 0.6 is 0 Å². The van der Waals surface area contributed by atoms with Crippen LogP contribution < -0.4 is 14.9 Å². The lowest BCUT2D eigenvalue weighted by Gasteiger charge is -2.28. The Morgan fingerprint density at radius 3 is 2.65 bits per heavy atom. The van der Waals surface area contributed by atoms with Crippen LogP contribution in [0.4, 0.5) is 5.69 Å². The van der Waals surface area contributed by atoms with Gasteiger partial charge in [0.25, 0.3) is 5.91 Å². The Labute approximate surface area is 236 Å². The molecule has 2 aliphatic rings. The Kier molecular flexibility index (Phi) is 8.80. The van der Waals surface area contributed by atoms with Gasteiger partial charge in [-0.15, -0.1) is 0 Å². The minimum atomic E-state index is -3.52. The van der Waals surface area contributed by atoms with Gasteiger partial charge >= 0.3 is 0 Å². The van der Waals surface area contributed by atoms with Gasteiger partial charge in [0.05, 0.1) is 29.1 Å². The predicted molar refractivity (Wildman–Crippen MR) is 157 cm³/mol. The molecule has 0 spiro atoms. The fraction of sp³-hybridized carbons (Fsp3) is 0.500. The number of aliphatic hydroxyl groups is 1. The molecule has 2 aromatic carbocycles. The van der Waals surface area contributed by atoms with Crippen molar-refractivity contribution < 1.29 is 23.1 Å². The fourth-order valence-corrected chi connectivity index (χ4v) is 6.88. The highest BCUT2D eigenvalue weighted by Crippen LogP contribution is 2.36. The smallest absolute Gasteiger partial charge is 0.251 e. The fourth-order valence-electron chi connectivity index (χ4n) is 5.74. The number of aliphatic hydroxyl groups excluding tert-OH is 1. The van der Waals surface area contributed by atoms with Crippen LogP contribution in [0, 0.1) is 0 Å². The van der Waals surface area contributed by atoms with Gasteiger partial charge in [-0.3, -0.25) is 9.10 Å². The van der Waals surface area contributed by atoms with Crippen molar-refractivity contribution in [1.82, 2.24) is 15.2 Å². The van der Waals surface area contributed by atoms with Gasteiger partial charge in [-0.2, -0.15) is 0 Å². The van der Waals surface area contributed by atoms with Gasteiger partial charge < -0.3 is 25.0 Å². The Morgan fingerprint density at radius 2 is 1.93 bits per heavy atom. The van der Waals surface area contributed by atoms with Crippen molar-refractivity contribution in [3.05, 3.63) is 65.4 Å². The van der Waals surface area contributed by atoms with Crippen molar-refractivity contribution in [2.75, 3.05) is 36.9 Å². The van der Waals surface area contributed by atoms with E-state index in [4.69, 9.17) is 4.74 Å². The largest absolute Gasteiger partial charge is 0.390 e. The van der Waals surface area contributed by atoms with E-state index < -0.39 is 22.2 Å². The topological polar surface area (TPSA) is 113 Å². The molecular formula is C30H40N4O5S. The first-order valence-electron chi connectivity index (χ1n) is 14.2. The van der Waals surface area contributed by atoms with Crippen LogP contribution in [-0.4, -0.2) is 74.7 Å². The van der Waals surface area contributed by atoms with Crippen molar-refractivity contribution >= 4 is 32.5 Å². The summed E-state index contributed by atoms with van der Waals surface area (Å²) in [5.74, 6) is -0.338. The standard InChI is InChI=1S/C30H40N4O5S/c1-3-7-22-20-34-12-15-40(37,38)33(2)27-18-23(17-25(22)29(27)34)30(36)32-26(16-21-8-5-4-6-9-21)28(35)19-31-24-10-13-39-14-11-24/h4-6,8-9,17-18,20,24,26,28,31,35H,3,7,10-16,19H2,1-2H3,(H,32,36)/t26-,28+/m0/s1. The maximum atomic E-state index is 13.8. The van der Waals surface area contributed by atoms with Gasteiger partial charge in [-0.1, -0.05) is 43.7 Å². The lowest BCUT2D eigenvalue weighted by molar-refractivity contribution is 0.0657. The normalized spacial score (nSPS) is 18.8. The molecule has 0 saturated carbocycles. The highest BCUT2D eigenvalue weighted by molar-refractivity contribution is 7.92.